The Morgan fingerprint density at radius 3 is 2.96 bits per heavy atom. The zero-order valence-corrected chi connectivity index (χ0v) is 12.1. The van der Waals surface area contributed by atoms with Crippen molar-refractivity contribution in [3.63, 3.8) is 0 Å². The van der Waals surface area contributed by atoms with Crippen LogP contribution in [0.1, 0.15) is 22.5 Å². The van der Waals surface area contributed by atoms with Crippen molar-refractivity contribution in [1.29, 1.82) is 5.26 Å². The first-order valence-corrected chi connectivity index (χ1v) is 6.86. The molecule has 1 aliphatic rings. The highest BCUT2D eigenvalue weighted by Crippen LogP contribution is 2.31. The largest absolute Gasteiger partial charge is 0.343 e. The lowest BCUT2D eigenvalue weighted by atomic mass is 10.2. The average molecular weight is 323 g/mol. The molecule has 1 aromatic rings. The molecule has 2 amide bonds. The van der Waals surface area contributed by atoms with E-state index in [2.05, 4.69) is 10.3 Å². The van der Waals surface area contributed by atoms with Crippen LogP contribution >= 0.6 is 0 Å². The monoisotopic (exact) mass is 323 g/mol. The number of hydrogen-bond donors (Lipinski definition) is 2. The number of nitrogens with two attached hydrogens (primary N) is 1. The van der Waals surface area contributed by atoms with Gasteiger partial charge in [-0.3, -0.25) is 14.6 Å². The quantitative estimate of drug-likeness (QED) is 0.812. The maximum atomic E-state index is 13.3. The fraction of sp³-hybridized carbons (Fsp3) is 0.429. The van der Waals surface area contributed by atoms with Gasteiger partial charge < -0.3 is 16.0 Å². The summed E-state index contributed by atoms with van der Waals surface area (Å²) in [7, 11) is 0. The Morgan fingerprint density at radius 1 is 1.57 bits per heavy atom. The van der Waals surface area contributed by atoms with Crippen molar-refractivity contribution in [2.24, 2.45) is 5.73 Å². The number of likely N-dealkylation sites (tertiary alicyclic amines) is 1. The Bertz CT molecular complexity index is 659. The number of alkyl halides is 2. The van der Waals surface area contributed by atoms with Crippen LogP contribution in [0.25, 0.3) is 0 Å². The van der Waals surface area contributed by atoms with Gasteiger partial charge in [-0.05, 0) is 12.1 Å². The summed E-state index contributed by atoms with van der Waals surface area (Å²) in [5.74, 6) is -4.36. The number of halogens is 2. The van der Waals surface area contributed by atoms with Gasteiger partial charge in [0, 0.05) is 24.7 Å². The number of carbonyl (C=O) groups excluding carboxylic acids is 2. The second-order valence-corrected chi connectivity index (χ2v) is 5.15. The van der Waals surface area contributed by atoms with Crippen molar-refractivity contribution >= 4 is 11.8 Å². The molecule has 1 unspecified atom stereocenters. The molecule has 1 saturated heterocycles. The van der Waals surface area contributed by atoms with Crippen molar-refractivity contribution in [3.05, 3.63) is 29.6 Å². The summed E-state index contributed by atoms with van der Waals surface area (Å²) < 4.78 is 26.6. The number of amides is 2. The highest BCUT2D eigenvalue weighted by molar-refractivity contribution is 5.96. The molecule has 0 saturated carbocycles. The van der Waals surface area contributed by atoms with Crippen LogP contribution in [-0.2, 0) is 11.3 Å². The lowest BCUT2D eigenvalue weighted by Crippen LogP contribution is -2.43. The summed E-state index contributed by atoms with van der Waals surface area (Å²) in [6.45, 7) is -1.12. The molecule has 1 fully saturated rings. The van der Waals surface area contributed by atoms with E-state index in [4.69, 9.17) is 11.0 Å². The molecule has 122 valence electrons. The predicted octanol–water partition coefficient (Wildman–Crippen LogP) is 0.0299. The molecule has 7 nitrogen and oxygen atoms in total. The summed E-state index contributed by atoms with van der Waals surface area (Å²) in [5.41, 5.74) is 6.19. The van der Waals surface area contributed by atoms with Crippen molar-refractivity contribution in [2.75, 3.05) is 13.1 Å². The Kier molecular flexibility index (Phi) is 4.86. The topological polar surface area (TPSA) is 112 Å². The number of pyridine rings is 1. The number of rotatable bonds is 4. The summed E-state index contributed by atoms with van der Waals surface area (Å²) in [4.78, 5) is 28.6. The van der Waals surface area contributed by atoms with E-state index in [0.717, 1.165) is 4.90 Å². The molecule has 9 heteroatoms. The Balaban J connectivity index is 1.96. The minimum absolute atomic E-state index is 0.159. The van der Waals surface area contributed by atoms with Crippen LogP contribution in [0.15, 0.2) is 18.3 Å². The minimum atomic E-state index is -3.08. The number of nitriles is 1. The third kappa shape index (κ3) is 3.98. The third-order valence-corrected chi connectivity index (χ3v) is 3.43. The predicted molar refractivity (Wildman–Crippen MR) is 75.1 cm³/mol. The van der Waals surface area contributed by atoms with Gasteiger partial charge in [-0.1, -0.05) is 0 Å². The molecule has 2 heterocycles. The fourth-order valence-electron chi connectivity index (χ4n) is 2.28. The molecule has 1 atom stereocenters. The van der Waals surface area contributed by atoms with E-state index in [1.165, 1.54) is 18.3 Å². The van der Waals surface area contributed by atoms with Gasteiger partial charge in [-0.25, -0.2) is 8.78 Å². The molecular weight excluding hydrogens is 308 g/mol. The van der Waals surface area contributed by atoms with Crippen molar-refractivity contribution in [2.45, 2.75) is 24.9 Å². The highest BCUT2D eigenvalue weighted by Gasteiger charge is 2.47. The normalized spacial score (nSPS) is 19.2. The molecular formula is C14H15F2N5O2. The van der Waals surface area contributed by atoms with Gasteiger partial charge in [0.15, 0.2) is 0 Å². The summed E-state index contributed by atoms with van der Waals surface area (Å²) >= 11 is 0. The summed E-state index contributed by atoms with van der Waals surface area (Å²) in [5, 5.41) is 11.2. The third-order valence-electron chi connectivity index (χ3n) is 3.43. The van der Waals surface area contributed by atoms with Gasteiger partial charge in [0.1, 0.15) is 6.04 Å². The Morgan fingerprint density at radius 2 is 2.30 bits per heavy atom. The van der Waals surface area contributed by atoms with E-state index in [0.29, 0.717) is 5.69 Å². The minimum Gasteiger partial charge on any atom is -0.343 e. The van der Waals surface area contributed by atoms with Gasteiger partial charge in [-0.2, -0.15) is 5.26 Å². The number of nitrogens with zero attached hydrogens (tertiary/aromatic N) is 3. The van der Waals surface area contributed by atoms with Crippen LogP contribution in [0.5, 0.6) is 0 Å². The highest BCUT2D eigenvalue weighted by atomic mass is 19.3. The van der Waals surface area contributed by atoms with E-state index < -0.39 is 43.3 Å². The standard InChI is InChI=1S/C14H15F2N5O2/c15-14(16)4-11(6-18)21(8-14)12(22)7-20-13(23)9-1-2-19-10(3-9)5-17/h1-3,11H,4-5,7-8,17H2,(H,20,23). The smallest absolute Gasteiger partial charge is 0.268 e. The van der Waals surface area contributed by atoms with Crippen molar-refractivity contribution in [1.82, 2.24) is 15.2 Å². The van der Waals surface area contributed by atoms with Gasteiger partial charge in [-0.15, -0.1) is 0 Å². The van der Waals surface area contributed by atoms with E-state index in [9.17, 15) is 18.4 Å². The van der Waals surface area contributed by atoms with E-state index in [1.807, 2.05) is 0 Å². The van der Waals surface area contributed by atoms with Crippen LogP contribution < -0.4 is 11.1 Å². The van der Waals surface area contributed by atoms with E-state index in [1.54, 1.807) is 6.07 Å². The van der Waals surface area contributed by atoms with Gasteiger partial charge in [0.2, 0.25) is 5.91 Å². The Labute approximate surface area is 131 Å². The first-order valence-electron chi connectivity index (χ1n) is 6.86. The fourth-order valence-corrected chi connectivity index (χ4v) is 2.28. The first-order chi connectivity index (χ1) is 10.9. The lowest BCUT2D eigenvalue weighted by molar-refractivity contribution is -0.131. The van der Waals surface area contributed by atoms with Crippen LogP contribution in [0.3, 0.4) is 0 Å². The van der Waals surface area contributed by atoms with Crippen LogP contribution in [0, 0.1) is 11.3 Å². The number of carbonyl (C=O) groups is 2. The summed E-state index contributed by atoms with van der Waals surface area (Å²) in [6.07, 6.45) is 0.721. The second kappa shape index (κ2) is 6.66. The summed E-state index contributed by atoms with van der Waals surface area (Å²) in [6, 6.07) is 3.41. The molecule has 0 bridgehead atoms. The number of hydrogen-bond acceptors (Lipinski definition) is 5. The van der Waals surface area contributed by atoms with Gasteiger partial charge in [0.05, 0.1) is 24.9 Å². The molecule has 23 heavy (non-hydrogen) atoms. The zero-order chi connectivity index (χ0) is 17.0. The first kappa shape index (κ1) is 16.8. The molecule has 1 aliphatic heterocycles. The zero-order valence-electron chi connectivity index (χ0n) is 12.1. The number of nitrogens with one attached hydrogen (secondary N) is 1. The molecule has 0 aromatic carbocycles. The second-order valence-electron chi connectivity index (χ2n) is 5.15. The van der Waals surface area contributed by atoms with Crippen LogP contribution in [0.2, 0.25) is 0 Å². The molecule has 2 rings (SSSR count). The van der Waals surface area contributed by atoms with E-state index in [-0.39, 0.29) is 12.1 Å². The molecule has 0 spiro atoms. The van der Waals surface area contributed by atoms with Crippen LogP contribution in [-0.4, -0.2) is 46.8 Å². The molecule has 0 aliphatic carbocycles. The number of aromatic nitrogens is 1. The average Bonchev–Trinajstić information content (AvgIpc) is 2.87. The SMILES string of the molecule is N#CC1CC(F)(F)CN1C(=O)CNC(=O)c1ccnc(CN)c1. The van der Waals surface area contributed by atoms with Gasteiger partial charge >= 0.3 is 0 Å². The van der Waals surface area contributed by atoms with Crippen LogP contribution in [0.4, 0.5) is 8.78 Å². The van der Waals surface area contributed by atoms with Gasteiger partial charge in [0.25, 0.3) is 11.8 Å². The lowest BCUT2D eigenvalue weighted by Gasteiger charge is -2.19. The maximum Gasteiger partial charge on any atom is 0.268 e. The van der Waals surface area contributed by atoms with Crippen molar-refractivity contribution < 1.29 is 18.4 Å². The molecule has 3 N–H and O–H groups in total. The maximum absolute atomic E-state index is 13.3. The van der Waals surface area contributed by atoms with Crippen molar-refractivity contribution in [3.8, 4) is 6.07 Å². The van der Waals surface area contributed by atoms with E-state index >= 15 is 0 Å². The Hall–Kier alpha value is -2.60. The molecule has 1 aromatic heterocycles. The molecule has 0 radical (unpaired) electrons.